The largest absolute Gasteiger partial charge is 0.356 e. The lowest BCUT2D eigenvalue weighted by Crippen LogP contribution is -2.33. The topological polar surface area (TPSA) is 82.3 Å². The van der Waals surface area contributed by atoms with Crippen LogP contribution in [-0.2, 0) is 9.59 Å². The molecule has 0 rings (SSSR count). The maximum atomic E-state index is 12.0. The first-order chi connectivity index (χ1) is 20.7. The summed E-state index contributed by atoms with van der Waals surface area (Å²) in [5.74, 6) is 0.284. The molecule has 0 aromatic heterocycles. The van der Waals surface area contributed by atoms with Gasteiger partial charge in [-0.2, -0.15) is 0 Å². The molecule has 6 heteroatoms. The summed E-state index contributed by atoms with van der Waals surface area (Å²) in [5, 5.41) is 12.7. The zero-order chi connectivity index (χ0) is 30.6. The van der Waals surface area contributed by atoms with E-state index in [1.165, 1.54) is 141 Å². The van der Waals surface area contributed by atoms with Crippen LogP contribution in [0.5, 0.6) is 0 Å². The van der Waals surface area contributed by atoms with Crippen molar-refractivity contribution < 1.29 is 9.59 Å². The summed E-state index contributed by atoms with van der Waals surface area (Å²) in [6.45, 7) is 9.18. The van der Waals surface area contributed by atoms with Crippen LogP contribution >= 0.6 is 0 Å². The smallest absolute Gasteiger partial charge is 0.221 e. The normalized spacial score (nSPS) is 11.2. The van der Waals surface area contributed by atoms with Crippen molar-refractivity contribution >= 4 is 11.8 Å². The summed E-state index contributed by atoms with van der Waals surface area (Å²) < 4.78 is 0. The van der Waals surface area contributed by atoms with E-state index in [9.17, 15) is 9.59 Å². The van der Waals surface area contributed by atoms with Gasteiger partial charge in [0.25, 0.3) is 0 Å². The Morgan fingerprint density at radius 2 is 0.595 bits per heavy atom. The fraction of sp³-hybridized carbons (Fsp3) is 0.944. The molecule has 0 aliphatic heterocycles. The van der Waals surface area contributed by atoms with E-state index in [1.807, 2.05) is 0 Å². The molecule has 0 heterocycles. The second-order valence-electron chi connectivity index (χ2n) is 12.5. The molecule has 0 aliphatic rings. The van der Waals surface area contributed by atoms with E-state index in [0.717, 1.165) is 39.0 Å². The minimum absolute atomic E-state index is 0.142. The lowest BCUT2D eigenvalue weighted by atomic mass is 10.1. The van der Waals surface area contributed by atoms with Gasteiger partial charge in [-0.05, 0) is 12.8 Å². The number of unbranched alkanes of at least 4 members (excludes halogenated alkanes) is 22. The second kappa shape index (κ2) is 36.1. The van der Waals surface area contributed by atoms with Crippen molar-refractivity contribution in [3.8, 4) is 0 Å². The molecule has 0 fully saturated rings. The third-order valence-corrected chi connectivity index (χ3v) is 8.24. The average molecular weight is 595 g/mol. The summed E-state index contributed by atoms with van der Waals surface area (Å²) in [6.07, 6.45) is 33.2. The minimum Gasteiger partial charge on any atom is -0.356 e. The van der Waals surface area contributed by atoms with Crippen molar-refractivity contribution in [2.75, 3.05) is 39.3 Å². The lowest BCUT2D eigenvalue weighted by molar-refractivity contribution is -0.121. The molecule has 0 unspecified atom stereocenters. The van der Waals surface area contributed by atoms with Crippen LogP contribution in [0.3, 0.4) is 0 Å². The van der Waals surface area contributed by atoms with Crippen molar-refractivity contribution in [3.05, 3.63) is 0 Å². The Morgan fingerprint density at radius 1 is 0.333 bits per heavy atom. The highest BCUT2D eigenvalue weighted by Gasteiger charge is 2.02. The van der Waals surface area contributed by atoms with E-state index in [2.05, 4.69) is 35.1 Å². The molecule has 0 aromatic rings. The highest BCUT2D eigenvalue weighted by atomic mass is 16.2. The summed E-state index contributed by atoms with van der Waals surface area (Å²) in [4.78, 5) is 24.0. The van der Waals surface area contributed by atoms with Gasteiger partial charge in [0.2, 0.25) is 11.8 Å². The molecule has 0 saturated carbocycles. The Hall–Kier alpha value is -1.14. The molecule has 0 atom stereocenters. The number of nitrogens with one attached hydrogen (secondary N) is 4. The first kappa shape index (κ1) is 40.9. The number of hydrogen-bond acceptors (Lipinski definition) is 4. The molecule has 4 N–H and O–H groups in total. The third kappa shape index (κ3) is 35.1. The van der Waals surface area contributed by atoms with Gasteiger partial charge in [0.15, 0.2) is 0 Å². The van der Waals surface area contributed by atoms with Gasteiger partial charge in [0.1, 0.15) is 0 Å². The molecule has 250 valence electrons. The average Bonchev–Trinajstić information content (AvgIpc) is 2.99. The Morgan fingerprint density at radius 3 is 0.881 bits per heavy atom. The first-order valence-electron chi connectivity index (χ1n) is 18.7. The molecule has 0 spiro atoms. The summed E-state index contributed by atoms with van der Waals surface area (Å²) in [7, 11) is 0. The predicted molar refractivity (Wildman–Crippen MR) is 183 cm³/mol. The zero-order valence-electron chi connectivity index (χ0n) is 28.4. The number of carbonyl (C=O) groups is 2. The molecule has 2 amide bonds. The van der Waals surface area contributed by atoms with Crippen LogP contribution in [0.25, 0.3) is 0 Å². The van der Waals surface area contributed by atoms with Gasteiger partial charge in [0, 0.05) is 52.1 Å². The van der Waals surface area contributed by atoms with Crippen molar-refractivity contribution in [3.63, 3.8) is 0 Å². The van der Waals surface area contributed by atoms with Crippen LogP contribution in [0.2, 0.25) is 0 Å². The Kier molecular flexibility index (Phi) is 35.1. The quantitative estimate of drug-likeness (QED) is 0.0554. The van der Waals surface area contributed by atoms with E-state index in [0.29, 0.717) is 25.9 Å². The van der Waals surface area contributed by atoms with Crippen LogP contribution in [0.15, 0.2) is 0 Å². The fourth-order valence-corrected chi connectivity index (χ4v) is 5.39. The molecule has 0 aliphatic carbocycles. The molecular formula is C36H74N4O2. The number of carbonyl (C=O) groups excluding carboxylic acids is 2. The summed E-state index contributed by atoms with van der Waals surface area (Å²) in [6, 6.07) is 0. The SMILES string of the molecule is CCCCCCCCCCCCCCNC(=O)CCNCCNCCC(=O)NCCCCCCCCCCCCCC. The number of amides is 2. The predicted octanol–water partition coefficient (Wildman–Crippen LogP) is 8.58. The fourth-order valence-electron chi connectivity index (χ4n) is 5.39. The number of hydrogen-bond donors (Lipinski definition) is 4. The molecule has 42 heavy (non-hydrogen) atoms. The summed E-state index contributed by atoms with van der Waals surface area (Å²) >= 11 is 0. The van der Waals surface area contributed by atoms with Crippen molar-refractivity contribution in [2.45, 2.75) is 181 Å². The molecule has 0 saturated heterocycles. The highest BCUT2D eigenvalue weighted by molar-refractivity contribution is 5.76. The van der Waals surface area contributed by atoms with Crippen LogP contribution in [0.4, 0.5) is 0 Å². The van der Waals surface area contributed by atoms with Gasteiger partial charge in [-0.3, -0.25) is 9.59 Å². The van der Waals surface area contributed by atoms with Gasteiger partial charge in [-0.1, -0.05) is 155 Å². The van der Waals surface area contributed by atoms with E-state index in [1.54, 1.807) is 0 Å². The van der Waals surface area contributed by atoms with Crippen molar-refractivity contribution in [2.24, 2.45) is 0 Å². The van der Waals surface area contributed by atoms with Crippen LogP contribution in [-0.4, -0.2) is 51.1 Å². The Bertz CT molecular complexity index is 511. The van der Waals surface area contributed by atoms with E-state index < -0.39 is 0 Å². The standard InChI is InChI=1S/C36H74N4O2/c1-3-5-7-9-11-13-15-17-19-21-23-25-29-39-35(41)27-31-37-33-34-38-32-28-36(42)40-30-26-24-22-20-18-16-14-12-10-8-6-4-2/h37-38H,3-34H2,1-2H3,(H,39,41)(H,40,42). The Labute approximate surface area is 262 Å². The second-order valence-corrected chi connectivity index (χ2v) is 12.5. The molecule has 0 bridgehead atoms. The van der Waals surface area contributed by atoms with Gasteiger partial charge in [-0.25, -0.2) is 0 Å². The lowest BCUT2D eigenvalue weighted by Gasteiger charge is -2.08. The van der Waals surface area contributed by atoms with Gasteiger partial charge < -0.3 is 21.3 Å². The van der Waals surface area contributed by atoms with Gasteiger partial charge >= 0.3 is 0 Å². The molecule has 0 aromatic carbocycles. The maximum Gasteiger partial charge on any atom is 0.221 e. The van der Waals surface area contributed by atoms with Gasteiger partial charge in [-0.15, -0.1) is 0 Å². The van der Waals surface area contributed by atoms with Crippen LogP contribution in [0, 0.1) is 0 Å². The molecule has 0 radical (unpaired) electrons. The van der Waals surface area contributed by atoms with Crippen LogP contribution < -0.4 is 21.3 Å². The van der Waals surface area contributed by atoms with Crippen LogP contribution in [0.1, 0.15) is 181 Å². The molecular weight excluding hydrogens is 520 g/mol. The van der Waals surface area contributed by atoms with E-state index in [-0.39, 0.29) is 11.8 Å². The zero-order valence-corrected chi connectivity index (χ0v) is 28.4. The highest BCUT2D eigenvalue weighted by Crippen LogP contribution is 2.13. The number of rotatable bonds is 35. The van der Waals surface area contributed by atoms with Gasteiger partial charge in [0.05, 0.1) is 0 Å². The monoisotopic (exact) mass is 595 g/mol. The van der Waals surface area contributed by atoms with Crippen molar-refractivity contribution in [1.82, 2.24) is 21.3 Å². The van der Waals surface area contributed by atoms with Crippen molar-refractivity contribution in [1.29, 1.82) is 0 Å². The van der Waals surface area contributed by atoms with E-state index >= 15 is 0 Å². The van der Waals surface area contributed by atoms with E-state index in [4.69, 9.17) is 0 Å². The Balaban J connectivity index is 3.24. The molecule has 6 nitrogen and oxygen atoms in total. The third-order valence-electron chi connectivity index (χ3n) is 8.24. The maximum absolute atomic E-state index is 12.0. The first-order valence-corrected chi connectivity index (χ1v) is 18.7. The summed E-state index contributed by atoms with van der Waals surface area (Å²) in [5.41, 5.74) is 0. The minimum atomic E-state index is 0.142.